The van der Waals surface area contributed by atoms with Crippen molar-refractivity contribution in [1.29, 1.82) is 0 Å². The van der Waals surface area contributed by atoms with Gasteiger partial charge in [0.1, 0.15) is 23.8 Å². The molecule has 0 aromatic heterocycles. The van der Waals surface area contributed by atoms with E-state index >= 15 is 0 Å². The first kappa shape index (κ1) is 15.0. The minimum absolute atomic E-state index is 0.0964. The first-order valence-corrected chi connectivity index (χ1v) is 6.00. The second-order valence-electron chi connectivity index (χ2n) is 4.11. The number of hydrogen-bond donors (Lipinski definition) is 2. The lowest BCUT2D eigenvalue weighted by atomic mass is 9.92. The lowest BCUT2D eigenvalue weighted by Crippen LogP contribution is -2.48. The Balaban J connectivity index is 2.70. The average molecular weight is 264 g/mol. The highest BCUT2D eigenvalue weighted by Gasteiger charge is 2.27. The maximum Gasteiger partial charge on any atom is 0.132 e. The smallest absolute Gasteiger partial charge is 0.132 e. The number of nitrogens with zero attached hydrogens (tertiary/aromatic N) is 1. The largest absolute Gasteiger partial charge is 0.497 e. The van der Waals surface area contributed by atoms with Gasteiger partial charge in [0.25, 0.3) is 0 Å². The number of oxime groups is 1. The molecule has 0 aliphatic heterocycles. The van der Waals surface area contributed by atoms with Gasteiger partial charge in [-0.15, -0.1) is 6.58 Å². The lowest BCUT2D eigenvalue weighted by molar-refractivity contribution is 0.299. The maximum atomic E-state index is 9.04. The van der Waals surface area contributed by atoms with Gasteiger partial charge in [-0.3, -0.25) is 0 Å². The molecule has 5 heteroatoms. The Bertz CT molecular complexity index is 443. The molecule has 0 saturated heterocycles. The van der Waals surface area contributed by atoms with E-state index in [1.807, 2.05) is 6.92 Å². The van der Waals surface area contributed by atoms with Gasteiger partial charge in [0.15, 0.2) is 0 Å². The van der Waals surface area contributed by atoms with Crippen molar-refractivity contribution in [3.8, 4) is 11.5 Å². The van der Waals surface area contributed by atoms with Gasteiger partial charge in [-0.05, 0) is 30.7 Å². The van der Waals surface area contributed by atoms with Crippen molar-refractivity contribution in [3.05, 3.63) is 36.9 Å². The Morgan fingerprint density at radius 2 is 2.00 bits per heavy atom. The Hall–Kier alpha value is -2.01. The molecule has 0 aliphatic carbocycles. The van der Waals surface area contributed by atoms with Crippen molar-refractivity contribution >= 4 is 5.71 Å². The van der Waals surface area contributed by atoms with Gasteiger partial charge in [-0.2, -0.15) is 0 Å². The number of methoxy groups -OCH3 is 1. The molecular formula is C14H20N2O3. The minimum atomic E-state index is -0.860. The fourth-order valence-corrected chi connectivity index (χ4v) is 1.55. The number of hydrogen-bond acceptors (Lipinski definition) is 5. The molecule has 1 aromatic rings. The third kappa shape index (κ3) is 3.72. The molecule has 0 bridgehead atoms. The van der Waals surface area contributed by atoms with Crippen LogP contribution in [-0.2, 0) is 0 Å². The van der Waals surface area contributed by atoms with Crippen LogP contribution in [0.4, 0.5) is 0 Å². The van der Waals surface area contributed by atoms with Gasteiger partial charge in [-0.1, -0.05) is 18.2 Å². The van der Waals surface area contributed by atoms with Crippen molar-refractivity contribution < 1.29 is 14.7 Å². The fraction of sp³-hybridized carbons (Fsp3) is 0.357. The minimum Gasteiger partial charge on any atom is -0.497 e. The van der Waals surface area contributed by atoms with Gasteiger partial charge in [-0.25, -0.2) is 0 Å². The molecule has 5 nitrogen and oxygen atoms in total. The summed E-state index contributed by atoms with van der Waals surface area (Å²) in [6.07, 6.45) is 2.13. The fourth-order valence-electron chi connectivity index (χ4n) is 1.55. The first-order chi connectivity index (χ1) is 9.09. The molecule has 1 rings (SSSR count). The molecule has 1 aromatic carbocycles. The van der Waals surface area contributed by atoms with Crippen LogP contribution >= 0.6 is 0 Å². The van der Waals surface area contributed by atoms with Crippen LogP contribution in [0.25, 0.3) is 0 Å². The second-order valence-corrected chi connectivity index (χ2v) is 4.11. The van der Waals surface area contributed by atoms with E-state index in [-0.39, 0.29) is 6.61 Å². The molecule has 0 amide bonds. The van der Waals surface area contributed by atoms with Crippen LogP contribution in [0.1, 0.15) is 13.3 Å². The molecule has 1 atom stereocenters. The normalized spacial score (nSPS) is 14.6. The van der Waals surface area contributed by atoms with E-state index in [2.05, 4.69) is 11.7 Å². The number of benzene rings is 1. The van der Waals surface area contributed by atoms with E-state index in [0.29, 0.717) is 17.9 Å². The van der Waals surface area contributed by atoms with E-state index in [1.54, 1.807) is 37.5 Å². The van der Waals surface area contributed by atoms with Gasteiger partial charge in [0.05, 0.1) is 12.6 Å². The molecule has 0 spiro atoms. The summed E-state index contributed by atoms with van der Waals surface area (Å²) in [5.41, 5.74) is 5.53. The van der Waals surface area contributed by atoms with Crippen LogP contribution in [0, 0.1) is 0 Å². The topological polar surface area (TPSA) is 77.1 Å². The van der Waals surface area contributed by atoms with Crippen molar-refractivity contribution in [2.24, 2.45) is 10.9 Å². The zero-order valence-electron chi connectivity index (χ0n) is 11.3. The molecular weight excluding hydrogens is 244 g/mol. The zero-order valence-corrected chi connectivity index (χ0v) is 11.3. The Morgan fingerprint density at radius 1 is 1.42 bits per heavy atom. The molecule has 104 valence electrons. The van der Waals surface area contributed by atoms with Gasteiger partial charge in [0, 0.05) is 0 Å². The van der Waals surface area contributed by atoms with Crippen LogP contribution < -0.4 is 15.2 Å². The van der Waals surface area contributed by atoms with Crippen LogP contribution in [0.15, 0.2) is 42.1 Å². The van der Waals surface area contributed by atoms with Crippen LogP contribution in [0.2, 0.25) is 0 Å². The number of nitrogens with two attached hydrogens (primary N) is 1. The quantitative estimate of drug-likeness (QED) is 0.342. The molecule has 0 heterocycles. The van der Waals surface area contributed by atoms with E-state index in [1.165, 1.54) is 0 Å². The van der Waals surface area contributed by atoms with E-state index < -0.39 is 5.54 Å². The van der Waals surface area contributed by atoms with Crippen LogP contribution in [0.5, 0.6) is 11.5 Å². The second kappa shape index (κ2) is 6.80. The summed E-state index contributed by atoms with van der Waals surface area (Å²) < 4.78 is 10.6. The van der Waals surface area contributed by atoms with Crippen LogP contribution in [0.3, 0.4) is 0 Å². The standard InChI is InChI=1S/C14H20N2O3/c1-4-14(15,5-2)13(16-17)10-19-12-8-6-11(18-3)7-9-12/h4,6-9,17H,1,5,10,15H2,2-3H3. The van der Waals surface area contributed by atoms with Gasteiger partial charge < -0.3 is 20.4 Å². The number of ether oxygens (including phenoxy) is 2. The van der Waals surface area contributed by atoms with Crippen molar-refractivity contribution in [2.45, 2.75) is 18.9 Å². The molecule has 19 heavy (non-hydrogen) atoms. The highest BCUT2D eigenvalue weighted by Crippen LogP contribution is 2.18. The summed E-state index contributed by atoms with van der Waals surface area (Å²) in [6.45, 7) is 5.65. The Labute approximate surface area is 113 Å². The van der Waals surface area contributed by atoms with E-state index in [0.717, 1.165) is 5.75 Å². The van der Waals surface area contributed by atoms with Crippen molar-refractivity contribution in [1.82, 2.24) is 0 Å². The average Bonchev–Trinajstić information content (AvgIpc) is 2.48. The van der Waals surface area contributed by atoms with Crippen molar-refractivity contribution in [2.75, 3.05) is 13.7 Å². The molecule has 3 N–H and O–H groups in total. The third-order valence-electron chi connectivity index (χ3n) is 3.04. The maximum absolute atomic E-state index is 9.04. The first-order valence-electron chi connectivity index (χ1n) is 6.00. The zero-order chi connectivity index (χ0) is 14.3. The summed E-state index contributed by atoms with van der Waals surface area (Å²) in [7, 11) is 1.60. The predicted molar refractivity (Wildman–Crippen MR) is 75.1 cm³/mol. The predicted octanol–water partition coefficient (Wildman–Crippen LogP) is 2.20. The molecule has 0 fully saturated rings. The van der Waals surface area contributed by atoms with Crippen LogP contribution in [-0.4, -0.2) is 30.2 Å². The highest BCUT2D eigenvalue weighted by atomic mass is 16.5. The van der Waals surface area contributed by atoms with Gasteiger partial charge in [0.2, 0.25) is 0 Å². The summed E-state index contributed by atoms with van der Waals surface area (Å²) in [6, 6.07) is 7.11. The summed E-state index contributed by atoms with van der Waals surface area (Å²) in [4.78, 5) is 0. The Morgan fingerprint density at radius 3 is 2.42 bits per heavy atom. The SMILES string of the molecule is C=CC(N)(CC)C(COc1ccc(OC)cc1)=NO. The van der Waals surface area contributed by atoms with E-state index in [9.17, 15) is 0 Å². The molecule has 1 unspecified atom stereocenters. The summed E-state index contributed by atoms with van der Waals surface area (Å²) in [5, 5.41) is 12.3. The van der Waals surface area contributed by atoms with Gasteiger partial charge >= 0.3 is 0 Å². The third-order valence-corrected chi connectivity index (χ3v) is 3.04. The van der Waals surface area contributed by atoms with Crippen molar-refractivity contribution in [3.63, 3.8) is 0 Å². The summed E-state index contributed by atoms with van der Waals surface area (Å²) >= 11 is 0. The lowest BCUT2D eigenvalue weighted by Gasteiger charge is -2.24. The summed E-state index contributed by atoms with van der Waals surface area (Å²) in [5.74, 6) is 1.39. The molecule has 0 radical (unpaired) electrons. The Kier molecular flexibility index (Phi) is 5.38. The molecule has 0 saturated carbocycles. The monoisotopic (exact) mass is 264 g/mol. The highest BCUT2D eigenvalue weighted by molar-refractivity contribution is 5.96. The van der Waals surface area contributed by atoms with E-state index in [4.69, 9.17) is 20.4 Å². The number of rotatable bonds is 7. The molecule has 0 aliphatic rings.